The van der Waals surface area contributed by atoms with Crippen LogP contribution >= 0.6 is 0 Å². The average molecular weight is 306 g/mol. The second kappa shape index (κ2) is 7.36. The topological polar surface area (TPSA) is 151 Å². The number of hydrogen-bond donors (Lipinski definition) is 1. The maximum atomic E-state index is 12.0. The highest BCUT2D eigenvalue weighted by atomic mass is 16.1. The molecule has 0 aliphatic heterocycles. The van der Waals surface area contributed by atoms with Crippen molar-refractivity contribution in [3.05, 3.63) is 45.6 Å². The van der Waals surface area contributed by atoms with Gasteiger partial charge in [-0.3, -0.25) is 4.79 Å². The predicted molar refractivity (Wildman–Crippen MR) is 79.9 cm³/mol. The molecule has 0 saturated carbocycles. The Balaban J connectivity index is 2.19. The van der Waals surface area contributed by atoms with Gasteiger partial charge in [0.15, 0.2) is 11.4 Å². The summed E-state index contributed by atoms with van der Waals surface area (Å²) in [6.45, 7) is 0.681. The SMILES string of the molecule is N#Cc1nc2ccc(C(=O)NCCCN=[N+]=[N-])cc2nc1C#N. The molecule has 2 aromatic rings. The first-order valence-electron chi connectivity index (χ1n) is 6.60. The van der Waals surface area contributed by atoms with E-state index < -0.39 is 0 Å². The van der Waals surface area contributed by atoms with Gasteiger partial charge < -0.3 is 5.32 Å². The average Bonchev–Trinajstić information content (AvgIpc) is 2.59. The molecule has 0 saturated heterocycles. The van der Waals surface area contributed by atoms with E-state index in [1.165, 1.54) is 6.07 Å². The maximum Gasteiger partial charge on any atom is 0.251 e. The largest absolute Gasteiger partial charge is 0.352 e. The summed E-state index contributed by atoms with van der Waals surface area (Å²) in [4.78, 5) is 22.7. The molecule has 1 amide bonds. The summed E-state index contributed by atoms with van der Waals surface area (Å²) in [5.74, 6) is -0.308. The van der Waals surface area contributed by atoms with Crippen LogP contribution in [0.25, 0.3) is 21.5 Å². The van der Waals surface area contributed by atoms with Crippen LogP contribution in [0.2, 0.25) is 0 Å². The van der Waals surface area contributed by atoms with Crippen LogP contribution in [0.5, 0.6) is 0 Å². The van der Waals surface area contributed by atoms with Crippen LogP contribution in [0.4, 0.5) is 0 Å². The Morgan fingerprint density at radius 1 is 1.26 bits per heavy atom. The van der Waals surface area contributed by atoms with Crippen LogP contribution in [-0.4, -0.2) is 29.0 Å². The monoisotopic (exact) mass is 306 g/mol. The Hall–Kier alpha value is -3.68. The summed E-state index contributed by atoms with van der Waals surface area (Å²) in [5.41, 5.74) is 9.18. The zero-order valence-corrected chi connectivity index (χ0v) is 11.9. The molecule has 112 valence electrons. The van der Waals surface area contributed by atoms with Crippen molar-refractivity contribution in [2.75, 3.05) is 13.1 Å². The fourth-order valence-electron chi connectivity index (χ4n) is 1.85. The lowest BCUT2D eigenvalue weighted by Gasteiger charge is -2.05. The number of rotatable bonds is 5. The molecule has 1 aromatic heterocycles. The van der Waals surface area contributed by atoms with Gasteiger partial charge in [-0.15, -0.1) is 0 Å². The number of carbonyl (C=O) groups excluding carboxylic acids is 1. The highest BCUT2D eigenvalue weighted by Gasteiger charge is 2.11. The van der Waals surface area contributed by atoms with Crippen molar-refractivity contribution in [3.63, 3.8) is 0 Å². The van der Waals surface area contributed by atoms with Gasteiger partial charge in [0.2, 0.25) is 0 Å². The zero-order valence-electron chi connectivity index (χ0n) is 11.9. The Morgan fingerprint density at radius 3 is 2.61 bits per heavy atom. The third-order valence-electron chi connectivity index (χ3n) is 2.92. The van der Waals surface area contributed by atoms with Crippen LogP contribution in [0.1, 0.15) is 28.2 Å². The number of nitrogens with one attached hydrogen (secondary N) is 1. The number of fused-ring (bicyclic) bond motifs is 1. The molecule has 23 heavy (non-hydrogen) atoms. The fourth-order valence-corrected chi connectivity index (χ4v) is 1.85. The highest BCUT2D eigenvalue weighted by Crippen LogP contribution is 2.14. The quantitative estimate of drug-likeness (QED) is 0.386. The first-order valence-corrected chi connectivity index (χ1v) is 6.60. The molecule has 0 spiro atoms. The molecule has 9 heteroatoms. The molecule has 1 N–H and O–H groups in total. The molecule has 0 bridgehead atoms. The first-order chi connectivity index (χ1) is 11.2. The standard InChI is InChI=1S/C14H10N8O/c15-7-12-13(8-16)21-11-6-9(2-3-10(11)20-12)14(23)18-4-1-5-19-22-17/h2-3,6H,1,4-5H2,(H,18,23). The number of aromatic nitrogens is 2. The number of nitrogens with zero attached hydrogens (tertiary/aromatic N) is 7. The molecule has 0 atom stereocenters. The smallest absolute Gasteiger partial charge is 0.251 e. The molecule has 1 heterocycles. The predicted octanol–water partition coefficient (Wildman–Crippen LogP) is 1.80. The van der Waals surface area contributed by atoms with Crippen LogP contribution in [0, 0.1) is 22.7 Å². The van der Waals surface area contributed by atoms with Gasteiger partial charge in [-0.2, -0.15) is 10.5 Å². The molecule has 0 aliphatic rings. The summed E-state index contributed by atoms with van der Waals surface area (Å²) in [6, 6.07) is 8.25. The summed E-state index contributed by atoms with van der Waals surface area (Å²) in [7, 11) is 0. The van der Waals surface area contributed by atoms with Gasteiger partial charge in [-0.1, -0.05) is 5.11 Å². The Bertz CT molecular complexity index is 886. The fraction of sp³-hybridized carbons (Fsp3) is 0.214. The number of carbonyl (C=O) groups is 1. The Kier molecular flexibility index (Phi) is 5.03. The number of azide groups is 1. The first kappa shape index (κ1) is 15.7. The van der Waals surface area contributed by atoms with Crippen molar-refractivity contribution in [1.29, 1.82) is 10.5 Å². The Morgan fingerprint density at radius 2 is 1.96 bits per heavy atom. The molecule has 2 rings (SSSR count). The lowest BCUT2D eigenvalue weighted by Crippen LogP contribution is -2.24. The van der Waals surface area contributed by atoms with Gasteiger partial charge >= 0.3 is 0 Å². The minimum absolute atomic E-state index is 0.0461. The summed E-state index contributed by atoms with van der Waals surface area (Å²) in [6.07, 6.45) is 0.535. The second-order valence-corrected chi connectivity index (χ2v) is 4.41. The van der Waals surface area contributed by atoms with Gasteiger partial charge in [0.05, 0.1) is 11.0 Å². The molecule has 0 unspecified atom stereocenters. The van der Waals surface area contributed by atoms with Crippen molar-refractivity contribution >= 4 is 16.9 Å². The van der Waals surface area contributed by atoms with Gasteiger partial charge in [0.1, 0.15) is 12.1 Å². The third-order valence-corrected chi connectivity index (χ3v) is 2.92. The van der Waals surface area contributed by atoms with Crippen LogP contribution in [0.15, 0.2) is 23.3 Å². The van der Waals surface area contributed by atoms with Crippen molar-refractivity contribution in [2.24, 2.45) is 5.11 Å². The van der Waals surface area contributed by atoms with E-state index in [2.05, 4.69) is 25.3 Å². The number of nitriles is 2. The lowest BCUT2D eigenvalue weighted by atomic mass is 10.1. The van der Waals surface area contributed by atoms with E-state index >= 15 is 0 Å². The van der Waals surface area contributed by atoms with E-state index in [1.807, 2.05) is 6.07 Å². The Labute approximate surface area is 130 Å². The summed E-state index contributed by atoms with van der Waals surface area (Å²) in [5, 5.41) is 23.9. The molecular formula is C14H10N8O. The van der Waals surface area contributed by atoms with E-state index in [0.717, 1.165) is 0 Å². The van der Waals surface area contributed by atoms with Crippen molar-refractivity contribution in [1.82, 2.24) is 15.3 Å². The maximum absolute atomic E-state index is 12.0. The normalized spacial score (nSPS) is 9.48. The minimum atomic E-state index is -0.308. The number of hydrogen-bond acceptors (Lipinski definition) is 6. The van der Waals surface area contributed by atoms with Crippen molar-refractivity contribution in [3.8, 4) is 12.1 Å². The molecule has 0 radical (unpaired) electrons. The van der Waals surface area contributed by atoms with Gasteiger partial charge in [-0.25, -0.2) is 9.97 Å². The van der Waals surface area contributed by atoms with Crippen LogP contribution in [-0.2, 0) is 0 Å². The highest BCUT2D eigenvalue weighted by molar-refractivity contribution is 5.97. The van der Waals surface area contributed by atoms with Crippen molar-refractivity contribution < 1.29 is 4.79 Å². The van der Waals surface area contributed by atoms with Crippen LogP contribution in [0.3, 0.4) is 0 Å². The zero-order chi connectivity index (χ0) is 16.7. The molecule has 0 aliphatic carbocycles. The van der Waals surface area contributed by atoms with E-state index in [9.17, 15) is 4.79 Å². The molecular weight excluding hydrogens is 296 g/mol. The van der Waals surface area contributed by atoms with Gasteiger partial charge in [0, 0.05) is 23.6 Å². The summed E-state index contributed by atoms with van der Waals surface area (Å²) >= 11 is 0. The summed E-state index contributed by atoms with van der Waals surface area (Å²) < 4.78 is 0. The van der Waals surface area contributed by atoms with E-state index in [0.29, 0.717) is 36.1 Å². The van der Waals surface area contributed by atoms with Gasteiger partial charge in [0.25, 0.3) is 5.91 Å². The van der Waals surface area contributed by atoms with E-state index in [1.54, 1.807) is 18.2 Å². The van der Waals surface area contributed by atoms with E-state index in [4.69, 9.17) is 16.1 Å². The molecule has 0 fully saturated rings. The lowest BCUT2D eigenvalue weighted by molar-refractivity contribution is 0.0953. The van der Waals surface area contributed by atoms with Gasteiger partial charge in [-0.05, 0) is 30.2 Å². The molecule has 1 aromatic carbocycles. The number of amides is 1. The van der Waals surface area contributed by atoms with Crippen molar-refractivity contribution in [2.45, 2.75) is 6.42 Å². The third kappa shape index (κ3) is 3.70. The second-order valence-electron chi connectivity index (χ2n) is 4.41. The minimum Gasteiger partial charge on any atom is -0.352 e. The van der Waals surface area contributed by atoms with E-state index in [-0.39, 0.29) is 17.3 Å². The molecule has 9 nitrogen and oxygen atoms in total. The number of benzene rings is 1. The van der Waals surface area contributed by atoms with Crippen LogP contribution < -0.4 is 5.32 Å².